The van der Waals surface area contributed by atoms with Gasteiger partial charge in [0.05, 0.1) is 12.8 Å². The molecule has 0 saturated heterocycles. The fourth-order valence-electron chi connectivity index (χ4n) is 1.95. The van der Waals surface area contributed by atoms with Crippen LogP contribution in [0.15, 0.2) is 53.1 Å². The molecule has 0 unspecified atom stereocenters. The summed E-state index contributed by atoms with van der Waals surface area (Å²) in [6, 6.07) is 13.7. The Balaban J connectivity index is 2.02. The van der Waals surface area contributed by atoms with Crippen molar-refractivity contribution in [3.05, 3.63) is 54.5 Å². The zero-order valence-corrected chi connectivity index (χ0v) is 10.7. The van der Waals surface area contributed by atoms with E-state index in [1.54, 1.807) is 6.26 Å². The maximum Gasteiger partial charge on any atom is 0.303 e. The van der Waals surface area contributed by atoms with Gasteiger partial charge in [-0.05, 0) is 30.7 Å². The van der Waals surface area contributed by atoms with E-state index < -0.39 is 5.97 Å². The summed E-state index contributed by atoms with van der Waals surface area (Å²) in [7, 11) is 0. The molecule has 0 radical (unpaired) electrons. The number of carboxylic acids is 1. The number of para-hydroxylation sites is 1. The molecule has 19 heavy (non-hydrogen) atoms. The molecule has 0 aliphatic carbocycles. The Hall–Kier alpha value is -2.23. The molecule has 1 N–H and O–H groups in total. The molecule has 0 atom stereocenters. The van der Waals surface area contributed by atoms with Crippen LogP contribution < -0.4 is 4.90 Å². The highest BCUT2D eigenvalue weighted by atomic mass is 16.4. The number of aliphatic carboxylic acids is 1. The smallest absolute Gasteiger partial charge is 0.303 e. The van der Waals surface area contributed by atoms with E-state index >= 15 is 0 Å². The molecule has 0 aliphatic heterocycles. The third-order valence-corrected chi connectivity index (χ3v) is 2.87. The summed E-state index contributed by atoms with van der Waals surface area (Å²) in [4.78, 5) is 12.7. The first-order valence-corrected chi connectivity index (χ1v) is 6.30. The second-order valence-corrected chi connectivity index (χ2v) is 4.33. The minimum absolute atomic E-state index is 0.182. The summed E-state index contributed by atoms with van der Waals surface area (Å²) in [6.45, 7) is 1.34. The Bertz CT molecular complexity index is 493. The zero-order chi connectivity index (χ0) is 13.5. The number of hydrogen-bond acceptors (Lipinski definition) is 3. The van der Waals surface area contributed by atoms with E-state index in [4.69, 9.17) is 9.52 Å². The van der Waals surface area contributed by atoms with E-state index in [1.165, 1.54) is 0 Å². The number of carbonyl (C=O) groups is 1. The maximum atomic E-state index is 10.6. The van der Waals surface area contributed by atoms with E-state index in [-0.39, 0.29) is 6.42 Å². The van der Waals surface area contributed by atoms with Crippen molar-refractivity contribution in [2.24, 2.45) is 0 Å². The molecule has 0 amide bonds. The van der Waals surface area contributed by atoms with Gasteiger partial charge in [-0.2, -0.15) is 0 Å². The quantitative estimate of drug-likeness (QED) is 0.829. The van der Waals surface area contributed by atoms with E-state index in [9.17, 15) is 4.79 Å². The van der Waals surface area contributed by atoms with Gasteiger partial charge >= 0.3 is 5.97 Å². The van der Waals surface area contributed by atoms with Crippen LogP contribution in [-0.2, 0) is 11.3 Å². The summed E-state index contributed by atoms with van der Waals surface area (Å²) in [5.41, 5.74) is 1.07. The second-order valence-electron chi connectivity index (χ2n) is 4.33. The van der Waals surface area contributed by atoms with Crippen LogP contribution in [0.1, 0.15) is 18.6 Å². The van der Waals surface area contributed by atoms with E-state index in [0.29, 0.717) is 19.5 Å². The largest absolute Gasteiger partial charge is 0.481 e. The summed E-state index contributed by atoms with van der Waals surface area (Å²) < 4.78 is 5.35. The van der Waals surface area contributed by atoms with Crippen LogP contribution in [0.25, 0.3) is 0 Å². The van der Waals surface area contributed by atoms with Gasteiger partial charge in [0.1, 0.15) is 5.76 Å². The topological polar surface area (TPSA) is 53.7 Å². The van der Waals surface area contributed by atoms with Crippen molar-refractivity contribution in [2.45, 2.75) is 19.4 Å². The number of rotatable bonds is 7. The normalized spacial score (nSPS) is 10.3. The molecule has 1 heterocycles. The van der Waals surface area contributed by atoms with Crippen LogP contribution in [-0.4, -0.2) is 17.6 Å². The summed E-state index contributed by atoms with van der Waals surface area (Å²) in [5.74, 6) is 0.116. The predicted octanol–water partition coefficient (Wildman–Crippen LogP) is 3.15. The van der Waals surface area contributed by atoms with Gasteiger partial charge in [-0.3, -0.25) is 4.79 Å². The summed E-state index contributed by atoms with van der Waals surface area (Å²) in [6.07, 6.45) is 2.45. The molecule has 100 valence electrons. The van der Waals surface area contributed by atoms with Gasteiger partial charge in [-0.15, -0.1) is 0 Å². The Labute approximate surface area is 112 Å². The number of benzene rings is 1. The lowest BCUT2D eigenvalue weighted by Crippen LogP contribution is -2.24. The average molecular weight is 259 g/mol. The first kappa shape index (κ1) is 13.2. The van der Waals surface area contributed by atoms with E-state index in [2.05, 4.69) is 4.90 Å². The minimum atomic E-state index is -0.758. The molecule has 1 aromatic carbocycles. The Morgan fingerprint density at radius 2 is 1.95 bits per heavy atom. The van der Waals surface area contributed by atoms with Gasteiger partial charge < -0.3 is 14.4 Å². The molecule has 0 aliphatic rings. The van der Waals surface area contributed by atoms with Crippen molar-refractivity contribution in [1.82, 2.24) is 0 Å². The van der Waals surface area contributed by atoms with Gasteiger partial charge in [0.25, 0.3) is 0 Å². The van der Waals surface area contributed by atoms with E-state index in [1.807, 2.05) is 42.5 Å². The Morgan fingerprint density at radius 1 is 1.16 bits per heavy atom. The third kappa shape index (κ3) is 4.17. The fourth-order valence-corrected chi connectivity index (χ4v) is 1.95. The number of carboxylic acid groups (broad SMARTS) is 1. The van der Waals surface area contributed by atoms with Crippen molar-refractivity contribution < 1.29 is 14.3 Å². The number of furan rings is 1. The fraction of sp³-hybridized carbons (Fsp3) is 0.267. The maximum absolute atomic E-state index is 10.6. The second kappa shape index (κ2) is 6.64. The van der Waals surface area contributed by atoms with Crippen LogP contribution >= 0.6 is 0 Å². The van der Waals surface area contributed by atoms with E-state index in [0.717, 1.165) is 11.4 Å². The highest BCUT2D eigenvalue weighted by Crippen LogP contribution is 2.17. The molecule has 0 saturated carbocycles. The predicted molar refractivity (Wildman–Crippen MR) is 73.1 cm³/mol. The molecule has 2 aromatic rings. The van der Waals surface area contributed by atoms with Crippen LogP contribution in [0, 0.1) is 0 Å². The number of hydrogen-bond donors (Lipinski definition) is 1. The number of nitrogens with zero attached hydrogens (tertiary/aromatic N) is 1. The zero-order valence-electron chi connectivity index (χ0n) is 10.7. The van der Waals surface area contributed by atoms with Gasteiger partial charge in [0.2, 0.25) is 0 Å². The van der Waals surface area contributed by atoms with Crippen LogP contribution in [0.3, 0.4) is 0 Å². The minimum Gasteiger partial charge on any atom is -0.481 e. The lowest BCUT2D eigenvalue weighted by atomic mass is 10.2. The molecular formula is C15H17NO3. The Morgan fingerprint density at radius 3 is 2.58 bits per heavy atom. The molecule has 1 aromatic heterocycles. The van der Waals surface area contributed by atoms with Crippen molar-refractivity contribution >= 4 is 11.7 Å². The molecular weight excluding hydrogens is 242 g/mol. The SMILES string of the molecule is O=C(O)CCCN(Cc1ccco1)c1ccccc1. The van der Waals surface area contributed by atoms with Gasteiger partial charge in [-0.25, -0.2) is 0 Å². The molecule has 0 fully saturated rings. The highest BCUT2D eigenvalue weighted by Gasteiger charge is 2.09. The van der Waals surface area contributed by atoms with Crippen molar-refractivity contribution in [2.75, 3.05) is 11.4 Å². The average Bonchev–Trinajstić information content (AvgIpc) is 2.91. The third-order valence-electron chi connectivity index (χ3n) is 2.87. The first-order chi connectivity index (χ1) is 9.25. The molecule has 2 rings (SSSR count). The standard InChI is InChI=1S/C15H17NO3/c17-15(18)9-4-10-16(12-14-8-5-11-19-14)13-6-2-1-3-7-13/h1-3,5-8,11H,4,9-10,12H2,(H,17,18). The summed E-state index contributed by atoms with van der Waals surface area (Å²) in [5, 5.41) is 8.72. The first-order valence-electron chi connectivity index (χ1n) is 6.30. The lowest BCUT2D eigenvalue weighted by Gasteiger charge is -2.23. The van der Waals surface area contributed by atoms with Crippen molar-refractivity contribution in [3.63, 3.8) is 0 Å². The summed E-state index contributed by atoms with van der Waals surface area (Å²) >= 11 is 0. The Kier molecular flexibility index (Phi) is 4.61. The van der Waals surface area contributed by atoms with Crippen LogP contribution in [0.5, 0.6) is 0 Å². The van der Waals surface area contributed by atoms with Crippen LogP contribution in [0.4, 0.5) is 5.69 Å². The van der Waals surface area contributed by atoms with Crippen LogP contribution in [0.2, 0.25) is 0 Å². The molecule has 0 bridgehead atoms. The monoisotopic (exact) mass is 259 g/mol. The lowest BCUT2D eigenvalue weighted by molar-refractivity contribution is -0.137. The van der Waals surface area contributed by atoms with Gasteiger partial charge in [0, 0.05) is 18.7 Å². The molecule has 0 spiro atoms. The van der Waals surface area contributed by atoms with Crippen molar-refractivity contribution in [1.29, 1.82) is 0 Å². The van der Waals surface area contributed by atoms with Gasteiger partial charge in [-0.1, -0.05) is 18.2 Å². The van der Waals surface area contributed by atoms with Crippen molar-refractivity contribution in [3.8, 4) is 0 Å². The number of anilines is 1. The highest BCUT2D eigenvalue weighted by molar-refractivity contribution is 5.66. The molecule has 4 nitrogen and oxygen atoms in total. The van der Waals surface area contributed by atoms with Gasteiger partial charge in [0.15, 0.2) is 0 Å². The molecule has 4 heteroatoms.